The van der Waals surface area contributed by atoms with Gasteiger partial charge in [-0.2, -0.15) is 5.10 Å². The third kappa shape index (κ3) is 1.11. The van der Waals surface area contributed by atoms with Gasteiger partial charge in [0.2, 0.25) is 0 Å². The van der Waals surface area contributed by atoms with E-state index in [2.05, 4.69) is 21.3 Å². The third-order valence-electron chi connectivity index (χ3n) is 1.29. The Morgan fingerprint density at radius 2 is 2.30 bits per heavy atom. The molecule has 2 aliphatic rings. The maximum Gasteiger partial charge on any atom is 0.124 e. The van der Waals surface area contributed by atoms with E-state index in [-0.39, 0.29) is 0 Å². The van der Waals surface area contributed by atoms with E-state index in [1.807, 2.05) is 11.7 Å². The number of nitrogens with one attached hydrogen (secondary N) is 2. The predicted molar refractivity (Wildman–Crippen MR) is 46.7 cm³/mol. The summed E-state index contributed by atoms with van der Waals surface area (Å²) < 4.78 is 0. The van der Waals surface area contributed by atoms with Crippen molar-refractivity contribution < 1.29 is 0 Å². The van der Waals surface area contributed by atoms with Crippen LogP contribution in [0.15, 0.2) is 16.7 Å². The minimum Gasteiger partial charge on any atom is -0.376 e. The first-order valence-corrected chi connectivity index (χ1v) is 4.84. The number of hydrogen-bond donors (Lipinski definition) is 2. The lowest BCUT2D eigenvalue weighted by Gasteiger charge is -2.15. The van der Waals surface area contributed by atoms with E-state index in [1.165, 1.54) is 0 Å². The van der Waals surface area contributed by atoms with Gasteiger partial charge < -0.3 is 5.32 Å². The Morgan fingerprint density at radius 3 is 2.90 bits per heavy atom. The molecule has 3 nitrogen and oxygen atoms in total. The fraction of sp³-hybridized carbons (Fsp3) is 0.400. The molecule has 2 unspecified atom stereocenters. The zero-order valence-corrected chi connectivity index (χ0v) is 6.78. The van der Waals surface area contributed by atoms with E-state index in [0.29, 0.717) is 10.7 Å². The van der Waals surface area contributed by atoms with Crippen molar-refractivity contribution in [2.75, 3.05) is 0 Å². The van der Waals surface area contributed by atoms with Gasteiger partial charge in [-0.15, -0.1) is 11.8 Å². The van der Waals surface area contributed by atoms with Crippen molar-refractivity contribution in [3.8, 4) is 0 Å². The average molecular weight is 173 g/mol. The van der Waals surface area contributed by atoms with Crippen molar-refractivity contribution in [1.82, 2.24) is 10.7 Å². The highest BCUT2D eigenvalue weighted by molar-refractivity contribution is 8.14. The van der Waals surface area contributed by atoms with Crippen molar-refractivity contribution in [2.24, 2.45) is 5.10 Å². The number of nitrogens with zero attached hydrogens (tertiary/aromatic N) is 1. The van der Waals surface area contributed by atoms with Crippen molar-refractivity contribution >= 4 is 29.1 Å². The van der Waals surface area contributed by atoms with Gasteiger partial charge in [0.05, 0.1) is 5.55 Å². The molecule has 0 aliphatic carbocycles. The molecule has 0 aromatic rings. The van der Waals surface area contributed by atoms with Crippen LogP contribution < -0.4 is 10.7 Å². The Labute approximate surface area is 67.7 Å². The Balaban J connectivity index is 1.89. The van der Waals surface area contributed by atoms with Crippen LogP contribution in [0.3, 0.4) is 0 Å². The van der Waals surface area contributed by atoms with Crippen LogP contribution in [0, 0.1) is 0 Å². The van der Waals surface area contributed by atoms with E-state index in [9.17, 15) is 0 Å². The van der Waals surface area contributed by atoms with Gasteiger partial charge in [-0.1, -0.05) is 11.8 Å². The van der Waals surface area contributed by atoms with Crippen LogP contribution in [0.25, 0.3) is 0 Å². The summed E-state index contributed by atoms with van der Waals surface area (Å²) in [5.41, 5.74) is 4.85. The molecule has 0 aromatic carbocycles. The van der Waals surface area contributed by atoms with Crippen LogP contribution in [-0.2, 0) is 0 Å². The molecule has 2 atom stereocenters. The number of hydrazone groups is 1. The highest BCUT2D eigenvalue weighted by Gasteiger charge is 2.24. The third-order valence-corrected chi connectivity index (χ3v) is 3.36. The zero-order chi connectivity index (χ0) is 6.81. The molecule has 0 aromatic heterocycles. The second-order valence-electron chi connectivity index (χ2n) is 1.95. The van der Waals surface area contributed by atoms with Crippen LogP contribution in [0.2, 0.25) is 0 Å². The van der Waals surface area contributed by atoms with Crippen LogP contribution in [-0.4, -0.2) is 16.3 Å². The van der Waals surface area contributed by atoms with Gasteiger partial charge in [-0.05, 0) is 5.41 Å². The molecule has 0 radical (unpaired) electrons. The fourth-order valence-electron chi connectivity index (χ4n) is 0.825. The van der Waals surface area contributed by atoms with Gasteiger partial charge in [0, 0.05) is 6.20 Å². The van der Waals surface area contributed by atoms with Gasteiger partial charge in [-0.25, -0.2) is 0 Å². The van der Waals surface area contributed by atoms with E-state index in [4.69, 9.17) is 0 Å². The monoisotopic (exact) mass is 173 g/mol. The Kier molecular flexibility index (Phi) is 1.77. The number of thioether (sulfide) groups is 2. The second-order valence-corrected chi connectivity index (χ2v) is 3.99. The first kappa shape index (κ1) is 6.42. The first-order valence-electron chi connectivity index (χ1n) is 2.96. The van der Waals surface area contributed by atoms with Gasteiger partial charge in [0.15, 0.2) is 0 Å². The quantitative estimate of drug-likeness (QED) is 0.613. The molecule has 10 heavy (non-hydrogen) atoms. The smallest absolute Gasteiger partial charge is 0.124 e. The van der Waals surface area contributed by atoms with Crippen molar-refractivity contribution in [1.29, 1.82) is 0 Å². The van der Waals surface area contributed by atoms with Crippen molar-refractivity contribution in [2.45, 2.75) is 10.7 Å². The van der Waals surface area contributed by atoms with Crippen molar-refractivity contribution in [3.05, 3.63) is 11.6 Å². The Bertz CT molecular complexity index is 144. The van der Waals surface area contributed by atoms with Gasteiger partial charge >= 0.3 is 0 Å². The van der Waals surface area contributed by atoms with Crippen LogP contribution in [0.1, 0.15) is 0 Å². The molecule has 2 heterocycles. The highest BCUT2D eigenvalue weighted by Crippen LogP contribution is 2.25. The summed E-state index contributed by atoms with van der Waals surface area (Å²) in [4.78, 5) is 0. The van der Waals surface area contributed by atoms with Gasteiger partial charge in [0.1, 0.15) is 10.7 Å². The van der Waals surface area contributed by atoms with Crippen LogP contribution >= 0.6 is 23.5 Å². The maximum absolute atomic E-state index is 3.92. The molecule has 54 valence electrons. The van der Waals surface area contributed by atoms with E-state index >= 15 is 0 Å². The molecule has 2 N–H and O–H groups in total. The Hall–Kier alpha value is -0.290. The molecule has 5 heteroatoms. The molecule has 0 fully saturated rings. The van der Waals surface area contributed by atoms with Crippen molar-refractivity contribution in [3.63, 3.8) is 0 Å². The standard InChI is InChI=1S/C5H7N3S2/c1-2-9-4(6-1)5-8-7-3-10-5/h1-6,8H. The minimum absolute atomic E-state index is 0.389. The predicted octanol–water partition coefficient (Wildman–Crippen LogP) is 0.726. The molecule has 0 amide bonds. The molecule has 0 spiro atoms. The van der Waals surface area contributed by atoms with E-state index < -0.39 is 0 Å². The average Bonchev–Trinajstić information content (AvgIpc) is 2.59. The molecule has 0 saturated carbocycles. The zero-order valence-electron chi connectivity index (χ0n) is 5.15. The summed E-state index contributed by atoms with van der Waals surface area (Å²) in [6.07, 6.45) is 1.97. The topological polar surface area (TPSA) is 36.4 Å². The molecular formula is C5H7N3S2. The number of hydrogen-bond acceptors (Lipinski definition) is 5. The molecule has 0 bridgehead atoms. The molecular weight excluding hydrogens is 166 g/mol. The first-order chi connectivity index (χ1) is 4.97. The van der Waals surface area contributed by atoms with Gasteiger partial charge in [-0.3, -0.25) is 5.43 Å². The maximum atomic E-state index is 3.92. The normalized spacial score (nSPS) is 36.0. The van der Waals surface area contributed by atoms with Crippen LogP contribution in [0.5, 0.6) is 0 Å². The summed E-state index contributed by atoms with van der Waals surface area (Å²) in [5, 5.41) is 10.0. The highest BCUT2D eigenvalue weighted by atomic mass is 32.2. The lowest BCUT2D eigenvalue weighted by atomic mass is 10.6. The molecule has 2 rings (SSSR count). The van der Waals surface area contributed by atoms with E-state index in [0.717, 1.165) is 0 Å². The molecule has 2 aliphatic heterocycles. The summed E-state index contributed by atoms with van der Waals surface area (Å²) in [6, 6.07) is 0. The SMILES string of the molecule is C1=CSC(C2NN=CS2)N1. The lowest BCUT2D eigenvalue weighted by molar-refractivity contribution is 0.639. The van der Waals surface area contributed by atoms with Gasteiger partial charge in [0.25, 0.3) is 0 Å². The minimum atomic E-state index is 0.389. The second kappa shape index (κ2) is 2.75. The largest absolute Gasteiger partial charge is 0.376 e. The molecule has 0 saturated heterocycles. The Morgan fingerprint density at radius 1 is 1.30 bits per heavy atom. The fourth-order valence-corrected chi connectivity index (χ4v) is 2.49. The number of rotatable bonds is 1. The summed E-state index contributed by atoms with van der Waals surface area (Å²) in [6.45, 7) is 0. The summed E-state index contributed by atoms with van der Waals surface area (Å²) in [5.74, 6) is 0. The van der Waals surface area contributed by atoms with Crippen LogP contribution in [0.4, 0.5) is 0 Å². The lowest BCUT2D eigenvalue weighted by Crippen LogP contribution is -2.35. The van der Waals surface area contributed by atoms with E-state index in [1.54, 1.807) is 23.5 Å². The summed E-state index contributed by atoms with van der Waals surface area (Å²) in [7, 11) is 0. The summed E-state index contributed by atoms with van der Waals surface area (Å²) >= 11 is 3.50.